The third-order valence-electron chi connectivity index (χ3n) is 7.28. The van der Waals surface area contributed by atoms with E-state index in [0.29, 0.717) is 26.1 Å². The molecule has 1 amide bonds. The largest absolute Gasteiger partial charge is 0.497 e. The van der Waals surface area contributed by atoms with Crippen molar-refractivity contribution in [3.8, 4) is 5.75 Å². The summed E-state index contributed by atoms with van der Waals surface area (Å²) in [4.78, 5) is 17.3. The lowest BCUT2D eigenvalue weighted by Gasteiger charge is -2.46. The van der Waals surface area contributed by atoms with Crippen LogP contribution in [0.5, 0.6) is 5.75 Å². The van der Waals surface area contributed by atoms with Gasteiger partial charge in [-0.1, -0.05) is 48.5 Å². The summed E-state index contributed by atoms with van der Waals surface area (Å²) in [5.74, 6) is 1.91. The third-order valence-corrected chi connectivity index (χ3v) is 7.28. The Balaban J connectivity index is 0.000000342. The molecule has 0 saturated carbocycles. The highest BCUT2D eigenvalue weighted by Gasteiger charge is 2.47. The molecule has 0 aliphatic carbocycles. The summed E-state index contributed by atoms with van der Waals surface area (Å²) < 4.78 is 16.8. The Morgan fingerprint density at radius 2 is 1.65 bits per heavy atom. The van der Waals surface area contributed by atoms with Crippen LogP contribution in [0.25, 0.3) is 0 Å². The summed E-state index contributed by atoms with van der Waals surface area (Å²) in [6.45, 7) is 2.69. The second-order valence-electron chi connectivity index (χ2n) is 9.25. The highest BCUT2D eigenvalue weighted by atomic mass is 16.5. The Bertz CT molecular complexity index is 1100. The van der Waals surface area contributed by atoms with Crippen molar-refractivity contribution < 1.29 is 19.0 Å². The lowest BCUT2D eigenvalue weighted by molar-refractivity contribution is -0.170. The number of hydrogen-bond acceptors (Lipinski definition) is 7. The van der Waals surface area contributed by atoms with E-state index in [-0.39, 0.29) is 17.9 Å². The van der Waals surface area contributed by atoms with Crippen LogP contribution in [0.3, 0.4) is 0 Å². The minimum atomic E-state index is -0.534. The molecule has 0 unspecified atom stereocenters. The van der Waals surface area contributed by atoms with Crippen LogP contribution in [0.4, 0.5) is 5.82 Å². The molecule has 0 radical (unpaired) electrons. The molecule has 8 heteroatoms. The van der Waals surface area contributed by atoms with Gasteiger partial charge in [0.1, 0.15) is 17.5 Å². The quantitative estimate of drug-likeness (QED) is 0.506. The van der Waals surface area contributed by atoms with Crippen molar-refractivity contribution in [1.82, 2.24) is 15.1 Å². The molecule has 3 atom stereocenters. The third kappa shape index (κ3) is 6.09. The number of likely N-dealkylation sites (tertiary alicyclic amines) is 1. The summed E-state index contributed by atoms with van der Waals surface area (Å²) in [5.41, 5.74) is 0.560. The standard InChI is InChI=1S/C22H28N4O3.C7H8O/c1-28-19-16-26(14-11-22(19,29-2)18-7-4-3-5-8-18)21(27)17-10-13-25(15-17)20-9-6-12-23-24-20;1-8-7-5-3-2-4-6-7/h3-9,12,17,19H,10-11,13-16H2,1-2H3;2-6H,1H3/t17-,19-,22-;/m0./s1. The molecule has 1 aromatic heterocycles. The molecule has 0 bridgehead atoms. The Morgan fingerprint density at radius 3 is 2.24 bits per heavy atom. The van der Waals surface area contributed by atoms with Crippen LogP contribution in [-0.4, -0.2) is 74.6 Å². The molecular formula is C29H36N4O4. The fraction of sp³-hybridized carbons (Fsp3) is 0.414. The van der Waals surface area contributed by atoms with Gasteiger partial charge in [-0.3, -0.25) is 4.79 Å². The Kier molecular flexibility index (Phi) is 9.09. The Hall–Kier alpha value is -3.49. The average molecular weight is 505 g/mol. The highest BCUT2D eigenvalue weighted by molar-refractivity contribution is 5.80. The summed E-state index contributed by atoms with van der Waals surface area (Å²) in [7, 11) is 5.09. The number of methoxy groups -OCH3 is 3. The van der Waals surface area contributed by atoms with Gasteiger partial charge in [0.05, 0.1) is 19.6 Å². The van der Waals surface area contributed by atoms with Gasteiger partial charge >= 0.3 is 0 Å². The van der Waals surface area contributed by atoms with Gasteiger partial charge < -0.3 is 24.0 Å². The maximum atomic E-state index is 13.2. The van der Waals surface area contributed by atoms with Crippen LogP contribution in [0.1, 0.15) is 18.4 Å². The molecule has 2 saturated heterocycles. The molecule has 2 fully saturated rings. The lowest BCUT2D eigenvalue weighted by Crippen LogP contribution is -2.57. The maximum absolute atomic E-state index is 13.2. The molecule has 3 heterocycles. The molecule has 0 spiro atoms. The van der Waals surface area contributed by atoms with E-state index in [2.05, 4.69) is 27.2 Å². The van der Waals surface area contributed by atoms with Crippen LogP contribution in [0.2, 0.25) is 0 Å². The smallest absolute Gasteiger partial charge is 0.227 e. The van der Waals surface area contributed by atoms with E-state index in [9.17, 15) is 4.79 Å². The van der Waals surface area contributed by atoms with Gasteiger partial charge in [-0.25, -0.2) is 0 Å². The van der Waals surface area contributed by atoms with E-state index in [1.807, 2.05) is 65.6 Å². The molecule has 196 valence electrons. The van der Waals surface area contributed by atoms with Gasteiger partial charge in [0.15, 0.2) is 5.82 Å². The molecule has 5 rings (SSSR count). The number of benzene rings is 2. The van der Waals surface area contributed by atoms with Crippen molar-refractivity contribution in [2.75, 3.05) is 52.4 Å². The van der Waals surface area contributed by atoms with Crippen molar-refractivity contribution in [2.24, 2.45) is 5.92 Å². The molecule has 0 N–H and O–H groups in total. The van der Waals surface area contributed by atoms with Crippen molar-refractivity contribution in [1.29, 1.82) is 0 Å². The number of carbonyl (C=O) groups is 1. The van der Waals surface area contributed by atoms with Gasteiger partial charge in [0.25, 0.3) is 0 Å². The minimum Gasteiger partial charge on any atom is -0.497 e. The predicted octanol–water partition coefficient (Wildman–Crippen LogP) is 3.79. The Morgan fingerprint density at radius 1 is 0.919 bits per heavy atom. The van der Waals surface area contributed by atoms with Crippen LogP contribution < -0.4 is 9.64 Å². The SMILES string of the molecule is CO[C@H]1CN(C(=O)[C@H]2CCN(c3cccnn3)C2)CC[C@]1(OC)c1ccccc1.COc1ccccc1. The average Bonchev–Trinajstić information content (AvgIpc) is 3.48. The van der Waals surface area contributed by atoms with Gasteiger partial charge in [-0.05, 0) is 36.2 Å². The number of para-hydroxylation sites is 1. The molecule has 2 aromatic carbocycles. The zero-order valence-electron chi connectivity index (χ0n) is 21.8. The van der Waals surface area contributed by atoms with E-state index < -0.39 is 5.60 Å². The maximum Gasteiger partial charge on any atom is 0.227 e. The summed E-state index contributed by atoms with van der Waals surface area (Å²) in [5, 5.41) is 8.12. The molecule has 3 aromatic rings. The number of nitrogens with zero attached hydrogens (tertiary/aromatic N) is 4. The van der Waals surface area contributed by atoms with Crippen LogP contribution in [0.15, 0.2) is 79.0 Å². The van der Waals surface area contributed by atoms with Crippen LogP contribution in [0, 0.1) is 5.92 Å². The number of aromatic nitrogens is 2. The normalized spacial score (nSPS) is 23.2. The number of piperidine rings is 1. The molecule has 37 heavy (non-hydrogen) atoms. The van der Waals surface area contributed by atoms with Gasteiger partial charge in [0.2, 0.25) is 5.91 Å². The first-order valence-corrected chi connectivity index (χ1v) is 12.6. The van der Waals surface area contributed by atoms with Crippen molar-refractivity contribution in [3.63, 3.8) is 0 Å². The van der Waals surface area contributed by atoms with Crippen LogP contribution in [-0.2, 0) is 19.9 Å². The summed E-state index contributed by atoms with van der Waals surface area (Å²) in [6.07, 6.45) is 2.98. The van der Waals surface area contributed by atoms with E-state index in [1.54, 1.807) is 27.5 Å². The fourth-order valence-electron chi connectivity index (χ4n) is 5.21. The van der Waals surface area contributed by atoms with E-state index >= 15 is 0 Å². The molecular weight excluding hydrogens is 468 g/mol. The van der Waals surface area contributed by atoms with Gasteiger partial charge in [-0.2, -0.15) is 5.10 Å². The Labute approximate surface area is 219 Å². The number of carbonyl (C=O) groups excluding carboxylic acids is 1. The summed E-state index contributed by atoms with van der Waals surface area (Å²) in [6, 6.07) is 23.7. The fourth-order valence-corrected chi connectivity index (χ4v) is 5.21. The zero-order chi connectivity index (χ0) is 26.1. The first-order chi connectivity index (χ1) is 18.1. The zero-order valence-corrected chi connectivity index (χ0v) is 21.8. The lowest BCUT2D eigenvalue weighted by atomic mass is 9.81. The predicted molar refractivity (Wildman–Crippen MR) is 142 cm³/mol. The number of hydrogen-bond donors (Lipinski definition) is 0. The van der Waals surface area contributed by atoms with Gasteiger partial charge in [-0.15, -0.1) is 5.10 Å². The van der Waals surface area contributed by atoms with E-state index in [4.69, 9.17) is 14.2 Å². The molecule has 8 nitrogen and oxygen atoms in total. The second kappa shape index (κ2) is 12.7. The summed E-state index contributed by atoms with van der Waals surface area (Å²) >= 11 is 0. The van der Waals surface area contributed by atoms with Crippen molar-refractivity contribution in [3.05, 3.63) is 84.6 Å². The van der Waals surface area contributed by atoms with E-state index in [1.165, 1.54) is 0 Å². The van der Waals surface area contributed by atoms with E-state index in [0.717, 1.165) is 30.1 Å². The first kappa shape index (κ1) is 26.6. The van der Waals surface area contributed by atoms with Gasteiger partial charge in [0, 0.05) is 46.5 Å². The first-order valence-electron chi connectivity index (χ1n) is 12.6. The highest BCUT2D eigenvalue weighted by Crippen LogP contribution is 2.38. The number of amides is 1. The topological polar surface area (TPSA) is 77.0 Å². The number of rotatable bonds is 6. The number of anilines is 1. The minimum absolute atomic E-state index is 0.0266. The monoisotopic (exact) mass is 504 g/mol. The second-order valence-corrected chi connectivity index (χ2v) is 9.25. The van der Waals surface area contributed by atoms with Crippen molar-refractivity contribution >= 4 is 11.7 Å². The van der Waals surface area contributed by atoms with Crippen molar-refractivity contribution in [2.45, 2.75) is 24.5 Å². The molecule has 2 aliphatic rings. The molecule has 2 aliphatic heterocycles. The number of ether oxygens (including phenoxy) is 3. The van der Waals surface area contributed by atoms with Crippen LogP contribution >= 0.6 is 0 Å².